The minimum atomic E-state index is -0.990. The lowest BCUT2D eigenvalue weighted by Crippen LogP contribution is -2.55. The summed E-state index contributed by atoms with van der Waals surface area (Å²) in [6.07, 6.45) is 10.8. The van der Waals surface area contributed by atoms with E-state index in [-0.39, 0.29) is 13.2 Å². The van der Waals surface area contributed by atoms with Gasteiger partial charge in [0.25, 0.3) is 0 Å². The molecule has 1 fully saturated rings. The van der Waals surface area contributed by atoms with Crippen molar-refractivity contribution in [3.63, 3.8) is 0 Å². The molecule has 0 aromatic carbocycles. The zero-order chi connectivity index (χ0) is 16.9. The van der Waals surface area contributed by atoms with Gasteiger partial charge in [0.2, 0.25) is 0 Å². The molecule has 1 saturated heterocycles. The average molecular weight is 330 g/mol. The number of aliphatic hydroxyl groups excluding tert-OH is 3. The van der Waals surface area contributed by atoms with Gasteiger partial charge in [0.15, 0.2) is 0 Å². The van der Waals surface area contributed by atoms with Crippen molar-refractivity contribution in [2.75, 3.05) is 19.8 Å². The summed E-state index contributed by atoms with van der Waals surface area (Å²) in [6.45, 7) is 2.49. The van der Waals surface area contributed by atoms with E-state index in [2.05, 4.69) is 19.1 Å². The van der Waals surface area contributed by atoms with Crippen LogP contribution in [-0.4, -0.2) is 59.6 Å². The Balaban J connectivity index is 2.06. The molecule has 0 amide bonds. The standard InChI is InChI=1S/C18H34O5/c1-2-3-4-5-6-7-8-9-10-11-12-22-18-15(20)14-23-16(13-19)17(18)21/h9-10,15-21H,2-8,11-14H2,1H3/b10-9+/t15-,16+,17+,18+/m1/s1. The van der Waals surface area contributed by atoms with E-state index in [1.165, 1.54) is 38.5 Å². The average Bonchev–Trinajstić information content (AvgIpc) is 2.55. The summed E-state index contributed by atoms with van der Waals surface area (Å²) in [5, 5.41) is 28.9. The summed E-state index contributed by atoms with van der Waals surface area (Å²) in [4.78, 5) is 0. The van der Waals surface area contributed by atoms with Gasteiger partial charge in [-0.2, -0.15) is 0 Å². The normalized spacial score (nSPS) is 28.5. The van der Waals surface area contributed by atoms with Gasteiger partial charge in [-0.1, -0.05) is 51.2 Å². The third-order valence-electron chi connectivity index (χ3n) is 4.24. The van der Waals surface area contributed by atoms with Gasteiger partial charge in [0.05, 0.1) is 19.8 Å². The second-order valence-electron chi connectivity index (χ2n) is 6.26. The van der Waals surface area contributed by atoms with E-state index in [4.69, 9.17) is 14.6 Å². The maximum absolute atomic E-state index is 9.97. The summed E-state index contributed by atoms with van der Waals surface area (Å²) in [5.41, 5.74) is 0. The van der Waals surface area contributed by atoms with Gasteiger partial charge in [-0.05, 0) is 19.3 Å². The van der Waals surface area contributed by atoms with Crippen LogP contribution in [0.2, 0.25) is 0 Å². The SMILES string of the molecule is CCCCCCCC/C=C/CCO[C@@H]1[C@@H](O)[C@H](CO)OC[C@H]1O. The lowest BCUT2D eigenvalue weighted by Gasteiger charge is -2.37. The lowest BCUT2D eigenvalue weighted by molar-refractivity contribution is -0.210. The Bertz CT molecular complexity index is 308. The maximum Gasteiger partial charge on any atom is 0.114 e. The number of hydrogen-bond donors (Lipinski definition) is 3. The van der Waals surface area contributed by atoms with Crippen molar-refractivity contribution in [2.24, 2.45) is 0 Å². The molecule has 1 heterocycles. The maximum atomic E-state index is 9.97. The van der Waals surface area contributed by atoms with E-state index in [0.717, 1.165) is 12.8 Å². The summed E-state index contributed by atoms with van der Waals surface area (Å²) < 4.78 is 10.7. The van der Waals surface area contributed by atoms with Crippen LogP contribution in [0.3, 0.4) is 0 Å². The Hall–Kier alpha value is -0.460. The summed E-state index contributed by atoms with van der Waals surface area (Å²) >= 11 is 0. The topological polar surface area (TPSA) is 79.2 Å². The molecule has 1 aliphatic rings. The molecular weight excluding hydrogens is 296 g/mol. The second kappa shape index (κ2) is 12.9. The van der Waals surface area contributed by atoms with Gasteiger partial charge < -0.3 is 24.8 Å². The van der Waals surface area contributed by atoms with Crippen LogP contribution in [0, 0.1) is 0 Å². The smallest absolute Gasteiger partial charge is 0.114 e. The molecule has 1 rings (SSSR count). The number of ether oxygens (including phenoxy) is 2. The molecule has 136 valence electrons. The number of unbranched alkanes of at least 4 members (excludes halogenated alkanes) is 6. The van der Waals surface area contributed by atoms with Crippen LogP contribution < -0.4 is 0 Å². The monoisotopic (exact) mass is 330 g/mol. The molecule has 23 heavy (non-hydrogen) atoms. The number of aliphatic hydroxyl groups is 3. The molecule has 0 spiro atoms. The molecular formula is C18H34O5. The van der Waals surface area contributed by atoms with E-state index in [1.54, 1.807) is 0 Å². The zero-order valence-corrected chi connectivity index (χ0v) is 14.4. The highest BCUT2D eigenvalue weighted by molar-refractivity contribution is 4.88. The highest BCUT2D eigenvalue weighted by Gasteiger charge is 2.38. The molecule has 0 saturated carbocycles. The minimum Gasteiger partial charge on any atom is -0.394 e. The largest absolute Gasteiger partial charge is 0.394 e. The quantitative estimate of drug-likeness (QED) is 0.377. The van der Waals surface area contributed by atoms with Gasteiger partial charge in [-0.15, -0.1) is 0 Å². The predicted octanol–water partition coefficient (Wildman–Crippen LogP) is 2.18. The van der Waals surface area contributed by atoms with Crippen LogP contribution in [0.1, 0.15) is 58.3 Å². The van der Waals surface area contributed by atoms with Crippen LogP contribution >= 0.6 is 0 Å². The van der Waals surface area contributed by atoms with Crippen LogP contribution in [0.4, 0.5) is 0 Å². The van der Waals surface area contributed by atoms with Crippen LogP contribution in [0.25, 0.3) is 0 Å². The van der Waals surface area contributed by atoms with Crippen molar-refractivity contribution in [1.82, 2.24) is 0 Å². The fourth-order valence-corrected chi connectivity index (χ4v) is 2.78. The molecule has 0 aromatic rings. The molecule has 5 heteroatoms. The van der Waals surface area contributed by atoms with Crippen molar-refractivity contribution in [1.29, 1.82) is 0 Å². The van der Waals surface area contributed by atoms with Crippen LogP contribution in [0.5, 0.6) is 0 Å². The van der Waals surface area contributed by atoms with Gasteiger partial charge in [-0.25, -0.2) is 0 Å². The number of rotatable bonds is 12. The van der Waals surface area contributed by atoms with Crippen molar-refractivity contribution in [3.8, 4) is 0 Å². The molecule has 0 radical (unpaired) electrons. The minimum absolute atomic E-state index is 0.0842. The first kappa shape index (κ1) is 20.6. The molecule has 0 bridgehead atoms. The predicted molar refractivity (Wildman–Crippen MR) is 90.3 cm³/mol. The van der Waals surface area contributed by atoms with E-state index in [1.807, 2.05) is 0 Å². The molecule has 0 aromatic heterocycles. The number of hydrogen-bond acceptors (Lipinski definition) is 5. The number of allylic oxidation sites excluding steroid dienone is 1. The van der Waals surface area contributed by atoms with E-state index in [9.17, 15) is 10.2 Å². The first-order valence-corrected chi connectivity index (χ1v) is 9.05. The fraction of sp³-hybridized carbons (Fsp3) is 0.889. The molecule has 3 N–H and O–H groups in total. The Labute approximate surface area is 140 Å². The molecule has 0 aliphatic carbocycles. The summed E-state index contributed by atoms with van der Waals surface area (Å²) in [7, 11) is 0. The highest BCUT2D eigenvalue weighted by atomic mass is 16.6. The van der Waals surface area contributed by atoms with Gasteiger partial charge in [-0.3, -0.25) is 0 Å². The van der Waals surface area contributed by atoms with E-state index >= 15 is 0 Å². The molecule has 5 nitrogen and oxygen atoms in total. The zero-order valence-electron chi connectivity index (χ0n) is 14.4. The van der Waals surface area contributed by atoms with E-state index in [0.29, 0.717) is 6.61 Å². The summed E-state index contributed by atoms with van der Waals surface area (Å²) in [5.74, 6) is 0. The highest BCUT2D eigenvalue weighted by Crippen LogP contribution is 2.18. The Morgan fingerprint density at radius 1 is 1.04 bits per heavy atom. The van der Waals surface area contributed by atoms with Gasteiger partial charge in [0.1, 0.15) is 24.4 Å². The van der Waals surface area contributed by atoms with Gasteiger partial charge in [0, 0.05) is 0 Å². The first-order valence-electron chi connectivity index (χ1n) is 9.05. The third kappa shape index (κ3) is 8.27. The Kier molecular flexibility index (Phi) is 11.5. The lowest BCUT2D eigenvalue weighted by atomic mass is 10.0. The first-order chi connectivity index (χ1) is 11.2. The van der Waals surface area contributed by atoms with Gasteiger partial charge >= 0.3 is 0 Å². The van der Waals surface area contributed by atoms with Crippen LogP contribution in [-0.2, 0) is 9.47 Å². The fourth-order valence-electron chi connectivity index (χ4n) is 2.78. The molecule has 0 unspecified atom stereocenters. The third-order valence-corrected chi connectivity index (χ3v) is 4.24. The molecule has 4 atom stereocenters. The van der Waals surface area contributed by atoms with E-state index < -0.39 is 24.4 Å². The van der Waals surface area contributed by atoms with Crippen molar-refractivity contribution in [2.45, 2.75) is 82.7 Å². The Morgan fingerprint density at radius 2 is 1.74 bits per heavy atom. The second-order valence-corrected chi connectivity index (χ2v) is 6.26. The van der Waals surface area contributed by atoms with Crippen molar-refractivity contribution >= 4 is 0 Å². The summed E-state index contributed by atoms with van der Waals surface area (Å²) in [6, 6.07) is 0. The van der Waals surface area contributed by atoms with Crippen molar-refractivity contribution < 1.29 is 24.8 Å². The molecule has 1 aliphatic heterocycles. The van der Waals surface area contributed by atoms with Crippen molar-refractivity contribution in [3.05, 3.63) is 12.2 Å². The Morgan fingerprint density at radius 3 is 2.48 bits per heavy atom. The van der Waals surface area contributed by atoms with Crippen LogP contribution in [0.15, 0.2) is 12.2 Å².